The molecule has 2 aromatic rings. The number of anilines is 2. The fraction of sp³-hybridized carbons (Fsp3) is 0.526. The summed E-state index contributed by atoms with van der Waals surface area (Å²) in [5.41, 5.74) is 1.52. The Bertz CT molecular complexity index is 714. The van der Waals surface area contributed by atoms with Crippen LogP contribution in [0.25, 0.3) is 0 Å². The summed E-state index contributed by atoms with van der Waals surface area (Å²) in [6.45, 7) is 6.08. The molecule has 0 saturated heterocycles. The lowest BCUT2D eigenvalue weighted by atomic mass is 9.96. The molecule has 25 heavy (non-hydrogen) atoms. The number of carbonyl (C=O) groups is 1. The van der Waals surface area contributed by atoms with Crippen molar-refractivity contribution >= 4 is 17.5 Å². The van der Waals surface area contributed by atoms with Crippen molar-refractivity contribution < 1.29 is 4.79 Å². The van der Waals surface area contributed by atoms with Crippen LogP contribution in [0.2, 0.25) is 0 Å². The lowest BCUT2D eigenvalue weighted by Crippen LogP contribution is -2.16. The van der Waals surface area contributed by atoms with E-state index in [2.05, 4.69) is 20.7 Å². The van der Waals surface area contributed by atoms with Crippen LogP contribution in [-0.2, 0) is 0 Å². The fourth-order valence-electron chi connectivity index (χ4n) is 3.23. The van der Waals surface area contributed by atoms with Crippen LogP contribution in [0.3, 0.4) is 0 Å². The van der Waals surface area contributed by atoms with Gasteiger partial charge in [0, 0.05) is 24.0 Å². The van der Waals surface area contributed by atoms with Crippen LogP contribution >= 0.6 is 0 Å². The Hall–Kier alpha value is -2.37. The highest BCUT2D eigenvalue weighted by atomic mass is 16.1. The van der Waals surface area contributed by atoms with Gasteiger partial charge in [0.2, 0.25) is 0 Å². The Morgan fingerprint density at radius 1 is 1.24 bits per heavy atom. The monoisotopic (exact) mass is 341 g/mol. The van der Waals surface area contributed by atoms with E-state index in [0.29, 0.717) is 23.5 Å². The van der Waals surface area contributed by atoms with Crippen LogP contribution in [0.4, 0.5) is 11.6 Å². The lowest BCUT2D eigenvalue weighted by molar-refractivity contribution is 0.102. The molecule has 0 bridgehead atoms. The summed E-state index contributed by atoms with van der Waals surface area (Å²) in [5, 5.41) is 10.7. The van der Waals surface area contributed by atoms with Gasteiger partial charge >= 0.3 is 0 Å². The molecule has 0 atom stereocenters. The predicted octanol–water partition coefficient (Wildman–Crippen LogP) is 4.16. The van der Waals surface area contributed by atoms with Crippen molar-refractivity contribution in [1.29, 1.82) is 0 Å². The zero-order chi connectivity index (χ0) is 17.8. The van der Waals surface area contributed by atoms with E-state index in [1.165, 1.54) is 32.1 Å². The average Bonchev–Trinajstić information content (AvgIpc) is 2.96. The van der Waals surface area contributed by atoms with Crippen molar-refractivity contribution in [1.82, 2.24) is 14.8 Å². The molecule has 2 heterocycles. The molecule has 2 N–H and O–H groups in total. The number of carbonyl (C=O) groups excluding carboxylic acids is 1. The molecule has 0 aromatic carbocycles. The molecule has 1 aliphatic rings. The molecule has 2 aromatic heterocycles. The molecule has 1 saturated carbocycles. The van der Waals surface area contributed by atoms with E-state index in [9.17, 15) is 4.79 Å². The summed E-state index contributed by atoms with van der Waals surface area (Å²) in [5.74, 6) is 1.23. The van der Waals surface area contributed by atoms with Crippen LogP contribution in [0, 0.1) is 6.92 Å². The fourth-order valence-corrected chi connectivity index (χ4v) is 3.23. The number of hydrogen-bond acceptors (Lipinski definition) is 4. The molecule has 0 spiro atoms. The molecule has 134 valence electrons. The number of pyridine rings is 1. The first kappa shape index (κ1) is 17.5. The van der Waals surface area contributed by atoms with Crippen molar-refractivity contribution in [3.63, 3.8) is 0 Å². The van der Waals surface area contributed by atoms with E-state index in [4.69, 9.17) is 0 Å². The summed E-state index contributed by atoms with van der Waals surface area (Å²) in [4.78, 5) is 16.7. The van der Waals surface area contributed by atoms with Gasteiger partial charge in [-0.1, -0.05) is 19.3 Å². The van der Waals surface area contributed by atoms with Gasteiger partial charge in [0.1, 0.15) is 5.82 Å². The van der Waals surface area contributed by atoms with Crippen LogP contribution in [0.15, 0.2) is 24.5 Å². The standard InChI is InChI=1S/C19H27N5O/c1-13(2)21-17-10-9-15(11-20-17)19(25)22-18-14(3)12-24(23-18)16-7-5-4-6-8-16/h9-13,16H,4-8H2,1-3H3,(H,20,21)(H,22,23,25). The molecule has 1 amide bonds. The summed E-state index contributed by atoms with van der Waals surface area (Å²) in [6.07, 6.45) is 9.80. The molecular weight excluding hydrogens is 314 g/mol. The highest BCUT2D eigenvalue weighted by Gasteiger charge is 2.18. The van der Waals surface area contributed by atoms with E-state index < -0.39 is 0 Å². The van der Waals surface area contributed by atoms with Crippen molar-refractivity contribution in [2.75, 3.05) is 10.6 Å². The van der Waals surface area contributed by atoms with Gasteiger partial charge in [0.15, 0.2) is 5.82 Å². The zero-order valence-electron chi connectivity index (χ0n) is 15.2. The van der Waals surface area contributed by atoms with E-state index >= 15 is 0 Å². The number of aromatic nitrogens is 3. The maximum absolute atomic E-state index is 12.5. The second-order valence-electron chi connectivity index (χ2n) is 7.12. The summed E-state index contributed by atoms with van der Waals surface area (Å²) in [6, 6.07) is 4.36. The van der Waals surface area contributed by atoms with Crippen LogP contribution in [0.5, 0.6) is 0 Å². The van der Waals surface area contributed by atoms with Crippen LogP contribution in [-0.4, -0.2) is 26.7 Å². The second-order valence-corrected chi connectivity index (χ2v) is 7.12. The third-order valence-electron chi connectivity index (χ3n) is 4.56. The van der Waals surface area contributed by atoms with Gasteiger partial charge in [-0.05, 0) is 45.7 Å². The van der Waals surface area contributed by atoms with Gasteiger partial charge in [-0.2, -0.15) is 5.10 Å². The minimum absolute atomic E-state index is 0.180. The van der Waals surface area contributed by atoms with Crippen LogP contribution < -0.4 is 10.6 Å². The lowest BCUT2D eigenvalue weighted by Gasteiger charge is -2.21. The number of rotatable bonds is 5. The Kier molecular flexibility index (Phi) is 5.36. The largest absolute Gasteiger partial charge is 0.368 e. The van der Waals surface area contributed by atoms with Crippen LogP contribution in [0.1, 0.15) is 67.9 Å². The molecule has 0 aliphatic heterocycles. The Balaban J connectivity index is 1.67. The van der Waals surface area contributed by atoms with Gasteiger partial charge in [-0.15, -0.1) is 0 Å². The average molecular weight is 341 g/mol. The second kappa shape index (κ2) is 7.68. The van der Waals surface area contributed by atoms with Crippen molar-refractivity contribution in [2.24, 2.45) is 0 Å². The Morgan fingerprint density at radius 2 is 2.00 bits per heavy atom. The predicted molar refractivity (Wildman–Crippen MR) is 100 cm³/mol. The Morgan fingerprint density at radius 3 is 2.64 bits per heavy atom. The molecule has 0 radical (unpaired) electrons. The van der Waals surface area contributed by atoms with Gasteiger partial charge in [0.05, 0.1) is 11.6 Å². The quantitative estimate of drug-likeness (QED) is 0.856. The highest BCUT2D eigenvalue weighted by Crippen LogP contribution is 2.29. The first-order valence-corrected chi connectivity index (χ1v) is 9.12. The summed E-state index contributed by atoms with van der Waals surface area (Å²) in [7, 11) is 0. The van der Waals surface area contributed by atoms with Gasteiger partial charge in [-0.25, -0.2) is 4.98 Å². The SMILES string of the molecule is Cc1cn(C2CCCCC2)nc1NC(=O)c1ccc(NC(C)C)nc1. The highest BCUT2D eigenvalue weighted by molar-refractivity contribution is 6.03. The topological polar surface area (TPSA) is 71.8 Å². The number of hydrogen-bond donors (Lipinski definition) is 2. The van der Waals surface area contributed by atoms with Crippen molar-refractivity contribution in [3.8, 4) is 0 Å². The van der Waals surface area contributed by atoms with E-state index in [0.717, 1.165) is 11.4 Å². The Labute approximate surface area is 149 Å². The number of nitrogens with zero attached hydrogens (tertiary/aromatic N) is 3. The van der Waals surface area contributed by atoms with E-state index in [1.54, 1.807) is 12.3 Å². The normalized spacial score (nSPS) is 15.4. The molecular formula is C19H27N5O. The number of aryl methyl sites for hydroxylation is 1. The number of amides is 1. The molecule has 3 rings (SSSR count). The molecule has 0 unspecified atom stereocenters. The van der Waals surface area contributed by atoms with Crippen molar-refractivity contribution in [3.05, 3.63) is 35.7 Å². The maximum Gasteiger partial charge on any atom is 0.258 e. The van der Waals surface area contributed by atoms with E-state index in [-0.39, 0.29) is 5.91 Å². The first-order chi connectivity index (χ1) is 12.0. The third-order valence-corrected chi connectivity index (χ3v) is 4.56. The minimum atomic E-state index is -0.180. The van der Waals surface area contributed by atoms with Crippen molar-refractivity contribution in [2.45, 2.75) is 65.0 Å². The smallest absolute Gasteiger partial charge is 0.258 e. The zero-order valence-corrected chi connectivity index (χ0v) is 15.2. The number of nitrogens with one attached hydrogen (secondary N) is 2. The molecule has 1 fully saturated rings. The molecule has 6 nitrogen and oxygen atoms in total. The maximum atomic E-state index is 12.5. The molecule has 1 aliphatic carbocycles. The van der Waals surface area contributed by atoms with Gasteiger partial charge < -0.3 is 10.6 Å². The minimum Gasteiger partial charge on any atom is -0.368 e. The first-order valence-electron chi connectivity index (χ1n) is 9.12. The van der Waals surface area contributed by atoms with Gasteiger partial charge in [-0.3, -0.25) is 9.48 Å². The summed E-state index contributed by atoms with van der Waals surface area (Å²) >= 11 is 0. The third kappa shape index (κ3) is 4.38. The van der Waals surface area contributed by atoms with E-state index in [1.807, 2.05) is 37.7 Å². The summed E-state index contributed by atoms with van der Waals surface area (Å²) < 4.78 is 2.03. The van der Waals surface area contributed by atoms with Gasteiger partial charge in [0.25, 0.3) is 5.91 Å². The molecule has 6 heteroatoms.